The summed E-state index contributed by atoms with van der Waals surface area (Å²) in [6.45, 7) is 7.56. The minimum Gasteiger partial charge on any atom is -0.465 e. The second-order valence-corrected chi connectivity index (χ2v) is 18.2. The van der Waals surface area contributed by atoms with Crippen molar-refractivity contribution >= 4 is 86.0 Å². The topological polar surface area (TPSA) is 127 Å². The van der Waals surface area contributed by atoms with E-state index in [-0.39, 0.29) is 24.5 Å². The van der Waals surface area contributed by atoms with Crippen molar-refractivity contribution in [3.63, 3.8) is 0 Å². The van der Waals surface area contributed by atoms with Gasteiger partial charge in [0.2, 0.25) is 0 Å². The molecule has 8 aromatic rings. The molecule has 3 N–H and O–H groups in total. The van der Waals surface area contributed by atoms with Crippen LogP contribution in [0.15, 0.2) is 182 Å². The van der Waals surface area contributed by atoms with E-state index < -0.39 is 7.12 Å². The molecule has 0 aliphatic carbocycles. The maximum atomic E-state index is 11.8. The fraction of sp³-hybridized carbons (Fsp3) is 0.193. The average molecular weight is 1000 g/mol. The fourth-order valence-electron chi connectivity index (χ4n) is 8.14. The van der Waals surface area contributed by atoms with Crippen LogP contribution in [0, 0.1) is 5.41 Å². The Kier molecular flexibility index (Phi) is 18.0. The van der Waals surface area contributed by atoms with Gasteiger partial charge in [-0.1, -0.05) is 175 Å². The lowest BCUT2D eigenvalue weighted by atomic mass is 9.74. The van der Waals surface area contributed by atoms with E-state index in [1.165, 1.54) is 30.6 Å². The molecule has 1 fully saturated rings. The van der Waals surface area contributed by atoms with Crippen molar-refractivity contribution in [2.75, 3.05) is 37.7 Å². The Morgan fingerprint density at radius 2 is 1.14 bits per heavy atom. The third-order valence-electron chi connectivity index (χ3n) is 11.9. The van der Waals surface area contributed by atoms with Gasteiger partial charge in [-0.05, 0) is 80.4 Å². The van der Waals surface area contributed by atoms with E-state index in [4.69, 9.17) is 18.8 Å². The standard InChI is InChI=1S/C26H24BNO4.C19H17NO2.C12H16BBrO2/c1-32-26(29)21-15-13-19(14-16-21)17-28(18-22-8-3-5-11-24(22)27(30)31)25-12-6-9-20-7-2-4-10-23(20)25;1-22-19(21)16-11-9-14(10-12-16)13-20-18-8-4-6-15-5-2-3-7-17(15)18;1-12(2)8-15-13(16-9-12)11-6-4-3-5-10(11)7-14/h2-16,30-31H,17-18H2,1H3;2-12,20H,13H2,1H3;3-6H,7-9H2,1-2H3. The SMILES string of the molecule is CC1(C)COB(c2ccccc2CBr)OC1.COC(=O)c1ccc(CN(Cc2ccccc2B(O)O)c2cccc3ccccc23)cc1.COC(=O)c1ccc(CNc2cccc3ccccc23)cc1. The van der Waals surface area contributed by atoms with Gasteiger partial charge in [-0.25, -0.2) is 9.59 Å². The van der Waals surface area contributed by atoms with Crippen LogP contribution in [0.3, 0.4) is 0 Å². The minimum atomic E-state index is -1.54. The van der Waals surface area contributed by atoms with Crippen LogP contribution >= 0.6 is 15.9 Å². The first-order valence-electron chi connectivity index (χ1n) is 23.1. The lowest BCUT2D eigenvalue weighted by molar-refractivity contribution is 0.0342. The molecule has 0 spiro atoms. The number of carbonyl (C=O) groups is 2. The molecular formula is C57H57B2BrN2O8. The highest BCUT2D eigenvalue weighted by Gasteiger charge is 2.34. The highest BCUT2D eigenvalue weighted by Crippen LogP contribution is 2.30. The summed E-state index contributed by atoms with van der Waals surface area (Å²) in [6, 6.07) is 59.2. The summed E-state index contributed by atoms with van der Waals surface area (Å²) in [4.78, 5) is 25.4. The number of ether oxygens (including phenoxy) is 2. The van der Waals surface area contributed by atoms with Crippen molar-refractivity contribution < 1.29 is 38.4 Å². The molecule has 1 aliphatic heterocycles. The molecule has 0 atom stereocenters. The quantitative estimate of drug-likeness (QED) is 0.0584. The molecule has 0 amide bonds. The summed E-state index contributed by atoms with van der Waals surface area (Å²) < 4.78 is 21.0. The number of fused-ring (bicyclic) bond motifs is 2. The van der Waals surface area contributed by atoms with Gasteiger partial charge in [-0.3, -0.25) is 0 Å². The molecule has 0 unspecified atom stereocenters. The summed E-state index contributed by atoms with van der Waals surface area (Å²) in [5.41, 5.74) is 9.16. The molecule has 70 heavy (non-hydrogen) atoms. The van der Waals surface area contributed by atoms with Gasteiger partial charge in [0.1, 0.15) is 0 Å². The Balaban J connectivity index is 0.000000165. The van der Waals surface area contributed by atoms with Crippen molar-refractivity contribution in [1.82, 2.24) is 0 Å². The molecule has 356 valence electrons. The van der Waals surface area contributed by atoms with E-state index in [1.807, 2.05) is 84.9 Å². The van der Waals surface area contributed by atoms with Crippen molar-refractivity contribution in [2.24, 2.45) is 5.41 Å². The monoisotopic (exact) mass is 998 g/mol. The van der Waals surface area contributed by atoms with Crippen molar-refractivity contribution in [3.05, 3.63) is 215 Å². The van der Waals surface area contributed by atoms with E-state index in [0.717, 1.165) is 62.8 Å². The average Bonchev–Trinajstić information content (AvgIpc) is 3.40. The predicted octanol–water partition coefficient (Wildman–Crippen LogP) is 10.1. The van der Waals surface area contributed by atoms with Crippen LogP contribution in [0.5, 0.6) is 0 Å². The first kappa shape index (κ1) is 51.1. The number of rotatable bonds is 13. The smallest absolute Gasteiger partial charge is 0.465 e. The van der Waals surface area contributed by atoms with Gasteiger partial charge in [0, 0.05) is 65.7 Å². The maximum absolute atomic E-state index is 11.8. The third kappa shape index (κ3) is 13.5. The second kappa shape index (κ2) is 24.7. The number of esters is 2. The van der Waals surface area contributed by atoms with Crippen LogP contribution in [0.4, 0.5) is 11.4 Å². The van der Waals surface area contributed by atoms with Crippen LogP contribution in [-0.4, -0.2) is 63.7 Å². The van der Waals surface area contributed by atoms with E-state index in [0.29, 0.717) is 36.2 Å². The summed E-state index contributed by atoms with van der Waals surface area (Å²) in [5.74, 6) is -0.679. The van der Waals surface area contributed by atoms with Crippen molar-refractivity contribution in [2.45, 2.75) is 38.8 Å². The van der Waals surface area contributed by atoms with Crippen LogP contribution in [0.2, 0.25) is 0 Å². The van der Waals surface area contributed by atoms with Crippen LogP contribution < -0.4 is 21.1 Å². The molecule has 1 saturated heterocycles. The molecule has 0 radical (unpaired) electrons. The zero-order chi connectivity index (χ0) is 49.5. The van der Waals surface area contributed by atoms with Crippen molar-refractivity contribution in [1.29, 1.82) is 0 Å². The minimum absolute atomic E-state index is 0.125. The predicted molar refractivity (Wildman–Crippen MR) is 287 cm³/mol. The first-order valence-corrected chi connectivity index (χ1v) is 24.2. The van der Waals surface area contributed by atoms with E-state index >= 15 is 0 Å². The number of nitrogens with zero attached hydrogens (tertiary/aromatic N) is 1. The van der Waals surface area contributed by atoms with Gasteiger partial charge >= 0.3 is 26.2 Å². The highest BCUT2D eigenvalue weighted by molar-refractivity contribution is 9.08. The van der Waals surface area contributed by atoms with Gasteiger partial charge in [-0.15, -0.1) is 0 Å². The van der Waals surface area contributed by atoms with E-state index in [9.17, 15) is 19.6 Å². The second-order valence-electron chi connectivity index (χ2n) is 17.6. The Bertz CT molecular complexity index is 2970. The molecule has 8 aromatic carbocycles. The zero-order valence-corrected chi connectivity index (χ0v) is 41.5. The van der Waals surface area contributed by atoms with Gasteiger partial charge in [-0.2, -0.15) is 0 Å². The Morgan fingerprint density at radius 1 is 0.629 bits per heavy atom. The van der Waals surface area contributed by atoms with Gasteiger partial charge in [0.15, 0.2) is 0 Å². The number of halogens is 1. The lowest BCUT2D eigenvalue weighted by Gasteiger charge is -2.33. The number of alkyl halides is 1. The molecule has 13 heteroatoms. The number of hydrogen-bond donors (Lipinski definition) is 3. The number of nitrogens with one attached hydrogen (secondary N) is 1. The lowest BCUT2D eigenvalue weighted by Crippen LogP contribution is -2.48. The van der Waals surface area contributed by atoms with Gasteiger partial charge < -0.3 is 39.0 Å². The Hall–Kier alpha value is -6.73. The highest BCUT2D eigenvalue weighted by atomic mass is 79.9. The van der Waals surface area contributed by atoms with Gasteiger partial charge in [0.25, 0.3) is 0 Å². The van der Waals surface area contributed by atoms with Crippen LogP contribution in [-0.2, 0) is 43.7 Å². The Morgan fingerprint density at radius 3 is 1.76 bits per heavy atom. The number of benzene rings is 8. The summed E-state index contributed by atoms with van der Waals surface area (Å²) >= 11 is 3.49. The number of hydrogen-bond acceptors (Lipinski definition) is 10. The van der Waals surface area contributed by atoms with Crippen LogP contribution in [0.25, 0.3) is 21.5 Å². The molecular weight excluding hydrogens is 942 g/mol. The molecule has 1 heterocycles. The van der Waals surface area contributed by atoms with Gasteiger partial charge in [0.05, 0.1) is 25.3 Å². The summed E-state index contributed by atoms with van der Waals surface area (Å²) in [7, 11) is 1.01. The van der Waals surface area contributed by atoms with Crippen molar-refractivity contribution in [3.8, 4) is 0 Å². The van der Waals surface area contributed by atoms with E-state index in [1.54, 1.807) is 36.4 Å². The fourth-order valence-corrected chi connectivity index (χ4v) is 8.65. The molecule has 1 aliphatic rings. The molecule has 10 nitrogen and oxygen atoms in total. The molecule has 9 rings (SSSR count). The summed E-state index contributed by atoms with van der Waals surface area (Å²) in [5, 5.41) is 28.6. The largest absolute Gasteiger partial charge is 0.494 e. The molecule has 0 saturated carbocycles. The number of carbonyl (C=O) groups excluding carboxylic acids is 2. The third-order valence-corrected chi connectivity index (χ3v) is 12.5. The first-order chi connectivity index (χ1) is 34.0. The van der Waals surface area contributed by atoms with E-state index in [2.05, 4.69) is 101 Å². The number of anilines is 2. The zero-order valence-electron chi connectivity index (χ0n) is 39.9. The Labute approximate surface area is 419 Å². The normalized spacial score (nSPS) is 12.7. The number of methoxy groups -OCH3 is 2. The maximum Gasteiger partial charge on any atom is 0.494 e. The molecule has 0 aromatic heterocycles. The van der Waals surface area contributed by atoms with Crippen LogP contribution in [0.1, 0.15) is 56.8 Å². The molecule has 0 bridgehead atoms. The summed E-state index contributed by atoms with van der Waals surface area (Å²) in [6.07, 6.45) is 0.